The number of thiophene rings is 1. The van der Waals surface area contributed by atoms with E-state index < -0.39 is 0 Å². The van der Waals surface area contributed by atoms with E-state index >= 15 is 0 Å². The van der Waals surface area contributed by atoms with Gasteiger partial charge < -0.3 is 10.2 Å². The van der Waals surface area contributed by atoms with Gasteiger partial charge in [-0.15, -0.1) is 11.3 Å². The molecule has 3 aromatic rings. The topological polar surface area (TPSA) is 49.4 Å². The molecule has 2 amide bonds. The van der Waals surface area contributed by atoms with E-state index in [0.29, 0.717) is 18.0 Å². The van der Waals surface area contributed by atoms with E-state index in [-0.39, 0.29) is 23.9 Å². The predicted molar refractivity (Wildman–Crippen MR) is 120 cm³/mol. The Labute approximate surface area is 180 Å². The molecule has 2 aromatic carbocycles. The van der Waals surface area contributed by atoms with E-state index in [0.717, 1.165) is 31.2 Å². The number of amides is 2. The summed E-state index contributed by atoms with van der Waals surface area (Å²) < 4.78 is 1.23. The van der Waals surface area contributed by atoms with Crippen LogP contribution in [-0.2, 0) is 11.3 Å². The first-order valence-corrected chi connectivity index (χ1v) is 11.7. The highest BCUT2D eigenvalue weighted by molar-refractivity contribution is 7.17. The largest absolute Gasteiger partial charge is 0.350 e. The van der Waals surface area contributed by atoms with Crippen LogP contribution in [0.15, 0.2) is 60.0 Å². The number of carbonyl (C=O) groups is 2. The van der Waals surface area contributed by atoms with Crippen molar-refractivity contribution in [2.24, 2.45) is 5.92 Å². The van der Waals surface area contributed by atoms with Crippen LogP contribution in [0.1, 0.15) is 48.0 Å². The van der Waals surface area contributed by atoms with Crippen LogP contribution in [-0.4, -0.2) is 28.8 Å². The summed E-state index contributed by atoms with van der Waals surface area (Å²) in [5.41, 5.74) is 1.81. The maximum absolute atomic E-state index is 13.4. The van der Waals surface area contributed by atoms with Crippen LogP contribution in [0, 0.1) is 5.92 Å². The highest BCUT2D eigenvalue weighted by Crippen LogP contribution is 2.40. The van der Waals surface area contributed by atoms with Crippen molar-refractivity contribution in [3.05, 3.63) is 71.1 Å². The van der Waals surface area contributed by atoms with Crippen LogP contribution in [0.4, 0.5) is 0 Å². The molecule has 2 aliphatic rings. The van der Waals surface area contributed by atoms with Gasteiger partial charge in [0.1, 0.15) is 6.04 Å². The molecule has 1 aliphatic carbocycles. The molecule has 4 nitrogen and oxygen atoms in total. The number of carbonyl (C=O) groups excluding carboxylic acids is 2. The molecule has 1 N–H and O–H groups in total. The van der Waals surface area contributed by atoms with Crippen molar-refractivity contribution < 1.29 is 9.59 Å². The van der Waals surface area contributed by atoms with Gasteiger partial charge in [-0.05, 0) is 59.7 Å². The molecule has 2 fully saturated rings. The Hall–Kier alpha value is -2.66. The molecule has 3 unspecified atom stereocenters. The lowest BCUT2D eigenvalue weighted by atomic mass is 9.84. The van der Waals surface area contributed by atoms with Crippen LogP contribution in [0.5, 0.6) is 0 Å². The number of fused-ring (bicyclic) bond motifs is 2. The average molecular weight is 419 g/mol. The lowest BCUT2D eigenvalue weighted by Crippen LogP contribution is -2.49. The SMILES string of the molecule is O=C(NCc1csc2ccccc12)C1CC2CCCCC2N1C(=O)c1ccccc1. The maximum atomic E-state index is 13.4. The third-order valence-electron chi connectivity index (χ3n) is 6.66. The Bertz CT molecular complexity index is 1060. The summed E-state index contributed by atoms with van der Waals surface area (Å²) in [4.78, 5) is 28.5. The molecule has 5 rings (SSSR count). The average Bonchev–Trinajstić information content (AvgIpc) is 3.39. The van der Waals surface area contributed by atoms with Crippen molar-refractivity contribution in [2.45, 2.75) is 50.7 Å². The van der Waals surface area contributed by atoms with Crippen LogP contribution >= 0.6 is 11.3 Å². The monoisotopic (exact) mass is 418 g/mol. The summed E-state index contributed by atoms with van der Waals surface area (Å²) in [6.07, 6.45) is 5.22. The van der Waals surface area contributed by atoms with Gasteiger partial charge in [-0.3, -0.25) is 9.59 Å². The third kappa shape index (κ3) is 3.52. The van der Waals surface area contributed by atoms with Gasteiger partial charge in [0, 0.05) is 22.8 Å². The van der Waals surface area contributed by atoms with E-state index in [1.165, 1.54) is 16.5 Å². The minimum atomic E-state index is -0.379. The first kappa shape index (κ1) is 19.3. The lowest BCUT2D eigenvalue weighted by molar-refractivity contribution is -0.125. The maximum Gasteiger partial charge on any atom is 0.254 e. The molecular formula is C25H26N2O2S. The Morgan fingerprint density at radius 2 is 1.77 bits per heavy atom. The van der Waals surface area contributed by atoms with Gasteiger partial charge in [0.25, 0.3) is 5.91 Å². The number of likely N-dealkylation sites (tertiary alicyclic amines) is 1. The van der Waals surface area contributed by atoms with E-state index in [1.54, 1.807) is 11.3 Å². The molecule has 1 saturated heterocycles. The minimum absolute atomic E-state index is 0.00821. The summed E-state index contributed by atoms with van der Waals surface area (Å²) in [5.74, 6) is 0.402. The highest BCUT2D eigenvalue weighted by atomic mass is 32.1. The summed E-state index contributed by atoms with van der Waals surface area (Å²) >= 11 is 1.70. The number of hydrogen-bond donors (Lipinski definition) is 1. The second-order valence-corrected chi connectivity index (χ2v) is 9.33. The van der Waals surface area contributed by atoms with Crippen molar-refractivity contribution in [3.8, 4) is 0 Å². The second kappa shape index (κ2) is 8.23. The quantitative estimate of drug-likeness (QED) is 0.649. The zero-order chi connectivity index (χ0) is 20.5. The minimum Gasteiger partial charge on any atom is -0.350 e. The fourth-order valence-corrected chi connectivity index (χ4v) is 6.15. The normalized spacial score (nSPS) is 23.3. The Morgan fingerprint density at radius 1 is 1.00 bits per heavy atom. The molecule has 1 aliphatic heterocycles. The number of hydrogen-bond acceptors (Lipinski definition) is 3. The van der Waals surface area contributed by atoms with Gasteiger partial charge in [0.2, 0.25) is 5.91 Å². The van der Waals surface area contributed by atoms with Crippen LogP contribution in [0.2, 0.25) is 0 Å². The lowest BCUT2D eigenvalue weighted by Gasteiger charge is -2.33. The molecule has 1 aromatic heterocycles. The van der Waals surface area contributed by atoms with Crippen molar-refractivity contribution >= 4 is 33.2 Å². The van der Waals surface area contributed by atoms with Crippen molar-refractivity contribution in [2.75, 3.05) is 0 Å². The fraction of sp³-hybridized carbons (Fsp3) is 0.360. The van der Waals surface area contributed by atoms with Gasteiger partial charge in [0.05, 0.1) is 0 Å². The standard InChI is InChI=1S/C25H26N2O2S/c28-24(26-15-19-16-30-23-13-7-5-11-20(19)23)22-14-18-10-4-6-12-21(18)27(22)25(29)17-8-2-1-3-9-17/h1-3,5,7-9,11,13,16,18,21-22H,4,6,10,12,14-15H2,(H,26,28). The summed E-state index contributed by atoms with van der Waals surface area (Å²) in [6, 6.07) is 17.5. The molecule has 2 heterocycles. The van der Waals surface area contributed by atoms with Gasteiger partial charge in [-0.2, -0.15) is 0 Å². The Morgan fingerprint density at radius 3 is 2.63 bits per heavy atom. The molecule has 154 valence electrons. The Balaban J connectivity index is 1.36. The van der Waals surface area contributed by atoms with Gasteiger partial charge in [-0.25, -0.2) is 0 Å². The van der Waals surface area contributed by atoms with Crippen molar-refractivity contribution in [3.63, 3.8) is 0 Å². The van der Waals surface area contributed by atoms with Crippen molar-refractivity contribution in [1.29, 1.82) is 0 Å². The molecule has 3 atom stereocenters. The highest BCUT2D eigenvalue weighted by Gasteiger charge is 2.47. The van der Waals surface area contributed by atoms with Gasteiger partial charge >= 0.3 is 0 Å². The molecular weight excluding hydrogens is 392 g/mol. The third-order valence-corrected chi connectivity index (χ3v) is 7.67. The summed E-state index contributed by atoms with van der Waals surface area (Å²) in [5, 5.41) is 6.45. The predicted octanol–water partition coefficient (Wildman–Crippen LogP) is 4.99. The second-order valence-electron chi connectivity index (χ2n) is 8.42. The zero-order valence-corrected chi connectivity index (χ0v) is 17.7. The molecule has 0 spiro atoms. The first-order chi connectivity index (χ1) is 14.7. The summed E-state index contributed by atoms with van der Waals surface area (Å²) in [6.45, 7) is 0.502. The molecule has 30 heavy (non-hydrogen) atoms. The smallest absolute Gasteiger partial charge is 0.254 e. The van der Waals surface area contributed by atoms with E-state index in [2.05, 4.69) is 22.8 Å². The molecule has 0 bridgehead atoms. The molecule has 5 heteroatoms. The number of nitrogens with one attached hydrogen (secondary N) is 1. The fourth-order valence-electron chi connectivity index (χ4n) is 5.19. The van der Waals surface area contributed by atoms with Crippen molar-refractivity contribution in [1.82, 2.24) is 10.2 Å². The van der Waals surface area contributed by atoms with Crippen LogP contribution in [0.3, 0.4) is 0 Å². The zero-order valence-electron chi connectivity index (χ0n) is 16.9. The summed E-state index contributed by atoms with van der Waals surface area (Å²) in [7, 11) is 0. The van der Waals surface area contributed by atoms with E-state index in [1.807, 2.05) is 47.4 Å². The number of nitrogens with zero attached hydrogens (tertiary/aromatic N) is 1. The molecule has 1 saturated carbocycles. The van der Waals surface area contributed by atoms with Crippen LogP contribution in [0.25, 0.3) is 10.1 Å². The van der Waals surface area contributed by atoms with E-state index in [9.17, 15) is 9.59 Å². The van der Waals surface area contributed by atoms with Crippen LogP contribution < -0.4 is 5.32 Å². The van der Waals surface area contributed by atoms with Gasteiger partial charge in [0.15, 0.2) is 0 Å². The van der Waals surface area contributed by atoms with E-state index in [4.69, 9.17) is 0 Å². The Kier molecular flexibility index (Phi) is 5.30. The first-order valence-electron chi connectivity index (χ1n) is 10.8. The number of benzene rings is 2. The number of rotatable bonds is 4. The molecule has 0 radical (unpaired) electrons. The van der Waals surface area contributed by atoms with Gasteiger partial charge in [-0.1, -0.05) is 49.2 Å².